The molecule has 24 heavy (non-hydrogen) atoms. The highest BCUT2D eigenvalue weighted by atomic mass is 16.7. The second-order valence-electron chi connectivity index (χ2n) is 6.42. The molecule has 0 saturated carbocycles. The molecule has 0 spiro atoms. The van der Waals surface area contributed by atoms with Crippen LogP contribution < -0.4 is 5.11 Å². The third-order valence-corrected chi connectivity index (χ3v) is 4.11. The number of carboxylic acid groups (broad SMARTS) is 1. The molecule has 0 aliphatic heterocycles. The van der Waals surface area contributed by atoms with E-state index in [4.69, 9.17) is 9.47 Å². The van der Waals surface area contributed by atoms with E-state index >= 15 is 0 Å². The van der Waals surface area contributed by atoms with Gasteiger partial charge in [0.1, 0.15) is 6.79 Å². The predicted molar refractivity (Wildman–Crippen MR) is 96.6 cm³/mol. The average Bonchev–Trinajstić information content (AvgIpc) is 2.56. The molecule has 0 aromatic carbocycles. The monoisotopic (exact) mass is 341 g/mol. The molecule has 4 nitrogen and oxygen atoms in total. The van der Waals surface area contributed by atoms with Gasteiger partial charge < -0.3 is 19.4 Å². The average molecular weight is 342 g/mol. The van der Waals surface area contributed by atoms with E-state index in [2.05, 4.69) is 0 Å². The van der Waals surface area contributed by atoms with Crippen molar-refractivity contribution in [1.82, 2.24) is 0 Å². The highest BCUT2D eigenvalue weighted by Gasteiger charge is 1.94. The van der Waals surface area contributed by atoms with Crippen molar-refractivity contribution in [1.29, 1.82) is 0 Å². The van der Waals surface area contributed by atoms with E-state index in [-0.39, 0.29) is 0 Å². The van der Waals surface area contributed by atoms with E-state index in [1.807, 2.05) is 0 Å². The van der Waals surface area contributed by atoms with Crippen molar-refractivity contribution < 1.29 is 19.4 Å². The standard InChI is InChI=1S/C20H38O4/c1-23-19-24-18-16-14-12-10-8-6-4-2-3-5-7-9-11-13-15-17-20(21)22/h15,17H,2-14,16,18-19H2,1H3,(H,21,22)/p-1/b17-15+. The lowest BCUT2D eigenvalue weighted by Gasteiger charge is -2.04. The highest BCUT2D eigenvalue weighted by Crippen LogP contribution is 2.13. The Morgan fingerprint density at radius 1 is 0.792 bits per heavy atom. The van der Waals surface area contributed by atoms with Crippen molar-refractivity contribution in [2.75, 3.05) is 20.5 Å². The first-order chi connectivity index (χ1) is 11.8. The number of allylic oxidation sites excluding steroid dienone is 1. The fourth-order valence-corrected chi connectivity index (χ4v) is 2.73. The number of hydrogen-bond donors (Lipinski definition) is 0. The maximum atomic E-state index is 10.2. The first kappa shape index (κ1) is 23.1. The van der Waals surface area contributed by atoms with Gasteiger partial charge in [-0.3, -0.25) is 0 Å². The van der Waals surface area contributed by atoms with Crippen LogP contribution in [0.4, 0.5) is 0 Å². The summed E-state index contributed by atoms with van der Waals surface area (Å²) >= 11 is 0. The van der Waals surface area contributed by atoms with E-state index in [9.17, 15) is 9.90 Å². The molecule has 0 aliphatic rings. The number of methoxy groups -OCH3 is 1. The van der Waals surface area contributed by atoms with Crippen LogP contribution in [0.3, 0.4) is 0 Å². The Kier molecular flexibility index (Phi) is 19.4. The Balaban J connectivity index is 3.01. The first-order valence-corrected chi connectivity index (χ1v) is 9.71. The van der Waals surface area contributed by atoms with Gasteiger partial charge in [0.25, 0.3) is 0 Å². The Morgan fingerprint density at radius 3 is 1.71 bits per heavy atom. The topological polar surface area (TPSA) is 58.6 Å². The van der Waals surface area contributed by atoms with Crippen LogP contribution in [0.1, 0.15) is 89.9 Å². The molecule has 0 aliphatic carbocycles. The summed E-state index contributed by atoms with van der Waals surface area (Å²) in [4.78, 5) is 10.2. The van der Waals surface area contributed by atoms with Gasteiger partial charge in [0.2, 0.25) is 0 Å². The van der Waals surface area contributed by atoms with Gasteiger partial charge in [-0.1, -0.05) is 76.7 Å². The van der Waals surface area contributed by atoms with Crippen molar-refractivity contribution in [3.8, 4) is 0 Å². The van der Waals surface area contributed by atoms with E-state index in [0.29, 0.717) is 6.79 Å². The number of carboxylic acids is 1. The van der Waals surface area contributed by atoms with Crippen molar-refractivity contribution >= 4 is 5.97 Å². The summed E-state index contributed by atoms with van der Waals surface area (Å²) in [7, 11) is 1.65. The van der Waals surface area contributed by atoms with Crippen molar-refractivity contribution in [2.24, 2.45) is 0 Å². The van der Waals surface area contributed by atoms with E-state index in [0.717, 1.165) is 31.9 Å². The third-order valence-electron chi connectivity index (χ3n) is 4.11. The molecule has 0 unspecified atom stereocenters. The van der Waals surface area contributed by atoms with E-state index < -0.39 is 5.97 Å². The number of carbonyl (C=O) groups is 1. The van der Waals surface area contributed by atoms with Crippen LogP contribution in [0.25, 0.3) is 0 Å². The fourth-order valence-electron chi connectivity index (χ4n) is 2.73. The van der Waals surface area contributed by atoms with Gasteiger partial charge in [0.15, 0.2) is 0 Å². The van der Waals surface area contributed by atoms with Gasteiger partial charge >= 0.3 is 0 Å². The molecule has 0 aromatic rings. The summed E-state index contributed by atoms with van der Waals surface area (Å²) in [5.74, 6) is -1.09. The number of aliphatic carboxylic acids is 1. The molecule has 0 heterocycles. The molecule has 0 fully saturated rings. The molecule has 0 aromatic heterocycles. The lowest BCUT2D eigenvalue weighted by atomic mass is 10.0. The number of rotatable bonds is 19. The second kappa shape index (κ2) is 20.2. The van der Waals surface area contributed by atoms with Gasteiger partial charge in [0, 0.05) is 13.7 Å². The zero-order valence-electron chi connectivity index (χ0n) is 15.6. The minimum absolute atomic E-state index is 0.416. The molecule has 142 valence electrons. The lowest BCUT2D eigenvalue weighted by Crippen LogP contribution is -2.18. The van der Waals surface area contributed by atoms with Crippen LogP contribution in [0.5, 0.6) is 0 Å². The molecule has 0 rings (SSSR count). The normalized spacial score (nSPS) is 11.4. The molecular formula is C20H37O4-. The van der Waals surface area contributed by atoms with Crippen LogP contribution in [-0.2, 0) is 14.3 Å². The van der Waals surface area contributed by atoms with E-state index in [1.54, 1.807) is 13.2 Å². The maximum absolute atomic E-state index is 10.2. The molecule has 0 radical (unpaired) electrons. The Hall–Kier alpha value is -0.870. The van der Waals surface area contributed by atoms with Crippen molar-refractivity contribution in [3.63, 3.8) is 0 Å². The zero-order valence-corrected chi connectivity index (χ0v) is 15.6. The highest BCUT2D eigenvalue weighted by molar-refractivity contribution is 5.77. The van der Waals surface area contributed by atoms with Crippen LogP contribution in [0.2, 0.25) is 0 Å². The molecule has 0 atom stereocenters. The summed E-state index contributed by atoms with van der Waals surface area (Å²) in [5, 5.41) is 10.2. The van der Waals surface area contributed by atoms with Crippen molar-refractivity contribution in [2.45, 2.75) is 89.9 Å². The predicted octanol–water partition coefficient (Wildman–Crippen LogP) is 4.37. The van der Waals surface area contributed by atoms with Gasteiger partial charge in [-0.25, -0.2) is 0 Å². The van der Waals surface area contributed by atoms with Gasteiger partial charge in [-0.05, 0) is 25.3 Å². The molecule has 0 saturated heterocycles. The Labute approximate surface area is 148 Å². The fraction of sp³-hybridized carbons (Fsp3) is 0.850. The summed E-state index contributed by atoms with van der Waals surface area (Å²) < 4.78 is 10.1. The SMILES string of the molecule is COCOCCCCCCCCCCCCCCC/C=C/C(=O)[O-]. The lowest BCUT2D eigenvalue weighted by molar-refractivity contribution is -0.297. The molecule has 4 heteroatoms. The Bertz CT molecular complexity index is 289. The number of hydrogen-bond acceptors (Lipinski definition) is 4. The summed E-state index contributed by atoms with van der Waals surface area (Å²) in [6.07, 6.45) is 20.4. The summed E-state index contributed by atoms with van der Waals surface area (Å²) in [6, 6.07) is 0. The minimum atomic E-state index is -1.09. The van der Waals surface area contributed by atoms with Crippen molar-refractivity contribution in [3.05, 3.63) is 12.2 Å². The Morgan fingerprint density at radius 2 is 1.25 bits per heavy atom. The first-order valence-electron chi connectivity index (χ1n) is 9.71. The van der Waals surface area contributed by atoms with Crippen LogP contribution >= 0.6 is 0 Å². The maximum Gasteiger partial charge on any atom is 0.146 e. The number of unbranched alkanes of at least 4 members (excludes halogenated alkanes) is 13. The van der Waals surface area contributed by atoms with Gasteiger partial charge in [-0.15, -0.1) is 0 Å². The molecule has 0 N–H and O–H groups in total. The van der Waals surface area contributed by atoms with Crippen LogP contribution in [-0.4, -0.2) is 26.5 Å². The minimum Gasteiger partial charge on any atom is -0.545 e. The largest absolute Gasteiger partial charge is 0.545 e. The zero-order chi connectivity index (χ0) is 17.7. The van der Waals surface area contributed by atoms with Gasteiger partial charge in [0.05, 0.1) is 5.97 Å². The van der Waals surface area contributed by atoms with E-state index in [1.165, 1.54) is 70.6 Å². The third kappa shape index (κ3) is 21.1. The smallest absolute Gasteiger partial charge is 0.146 e. The second-order valence-corrected chi connectivity index (χ2v) is 6.42. The number of ether oxygens (including phenoxy) is 2. The molecular weight excluding hydrogens is 304 g/mol. The molecule has 0 amide bonds. The molecule has 0 bridgehead atoms. The number of carbonyl (C=O) groups excluding carboxylic acids is 1. The quantitative estimate of drug-likeness (QED) is 0.199. The summed E-state index contributed by atoms with van der Waals surface area (Å²) in [5.41, 5.74) is 0. The van der Waals surface area contributed by atoms with Crippen LogP contribution in [0.15, 0.2) is 12.2 Å². The van der Waals surface area contributed by atoms with Gasteiger partial charge in [-0.2, -0.15) is 0 Å². The summed E-state index contributed by atoms with van der Waals surface area (Å²) in [6.45, 7) is 1.24. The van der Waals surface area contributed by atoms with Crippen LogP contribution in [0, 0.1) is 0 Å².